The lowest BCUT2D eigenvalue weighted by atomic mass is 9.97. The van der Waals surface area contributed by atoms with Crippen LogP contribution >= 0.6 is 23.5 Å². The number of ether oxygens (including phenoxy) is 2. The number of carbonyl (C=O) groups is 10. The highest BCUT2D eigenvalue weighted by Crippen LogP contribution is 2.11. The molecule has 0 aromatic rings. The number of amides is 4. The molecule has 0 aliphatic rings. The first-order chi connectivity index (χ1) is 42.0. The van der Waals surface area contributed by atoms with E-state index in [1.54, 1.807) is 6.92 Å². The number of aliphatic hydroxyl groups excluding tert-OH is 12. The Morgan fingerprint density at radius 2 is 0.844 bits per heavy atom. The van der Waals surface area contributed by atoms with Crippen LogP contribution in [0.15, 0.2) is 0 Å². The predicted molar refractivity (Wildman–Crippen MR) is 330 cm³/mol. The van der Waals surface area contributed by atoms with Gasteiger partial charge in [-0.05, 0) is 66.3 Å². The fraction of sp³-hybridized carbons (Fsp3) is 0.815. The molecule has 0 saturated heterocycles. The Bertz CT molecular complexity index is 1840. The first-order valence-corrected chi connectivity index (χ1v) is 31.4. The molecule has 0 heterocycles. The van der Waals surface area contributed by atoms with Gasteiger partial charge in [0, 0.05) is 89.7 Å². The van der Waals surface area contributed by atoms with E-state index in [1.165, 1.54) is 39.5 Å². The summed E-state index contributed by atoms with van der Waals surface area (Å²) in [5.74, 6) is -5.63. The number of Topliss-reactive ketones (excluding diaryl/α,β-unsaturated/α-hetero) is 4. The highest BCUT2D eigenvalue weighted by Gasteiger charge is 2.37. The van der Waals surface area contributed by atoms with Gasteiger partial charge in [0.1, 0.15) is 42.3 Å². The van der Waals surface area contributed by atoms with E-state index in [-0.39, 0.29) is 93.1 Å². The fourth-order valence-corrected chi connectivity index (χ4v) is 7.62. The number of aliphatic carboxylic acids is 2. The van der Waals surface area contributed by atoms with Gasteiger partial charge in [-0.2, -0.15) is 11.8 Å². The van der Waals surface area contributed by atoms with Crippen molar-refractivity contribution in [1.82, 2.24) is 21.3 Å². The zero-order valence-electron chi connectivity index (χ0n) is 52.3. The highest BCUT2D eigenvalue weighted by molar-refractivity contribution is 8.00. The number of hydrogen-bond donors (Lipinski definition) is 22. The van der Waals surface area contributed by atoms with Crippen LogP contribution in [0.1, 0.15) is 99.3 Å². The number of rotatable bonds is 47. The van der Waals surface area contributed by atoms with E-state index >= 15 is 0 Å². The SMILES string of the molecule is CC(CSCC(=O)CCCNC(=O)[C@@H](O)[C@@H](C)O)C(=O)O.CCCOCCCC(=O)[C@H](O)[C@H](C)O.C[C@@H](O)[C@H](O)C(=O)NCCOCCN.C[C@H](O)[C@@H](O)C(=O)CCCNC(=O)CSCC(N)C(=O)O.NCCCC(=O)[C@H](O)[C@@H](O)[C@@H](O)[C@H](O)C(=O)NCCN. The van der Waals surface area contributed by atoms with E-state index in [9.17, 15) is 78.6 Å². The zero-order chi connectivity index (χ0) is 70.5. The Hall–Kier alpha value is -4.52. The van der Waals surface area contributed by atoms with Gasteiger partial charge in [-0.25, -0.2) is 0 Å². The Labute approximate surface area is 533 Å². The Morgan fingerprint density at radius 1 is 0.422 bits per heavy atom. The van der Waals surface area contributed by atoms with E-state index in [4.69, 9.17) is 73.3 Å². The maximum atomic E-state index is 11.5. The number of thioether (sulfide) groups is 2. The third kappa shape index (κ3) is 53.0. The van der Waals surface area contributed by atoms with Crippen LogP contribution < -0.4 is 44.2 Å². The molecule has 0 bridgehead atoms. The van der Waals surface area contributed by atoms with Gasteiger partial charge in [0.25, 0.3) is 17.7 Å². The number of aliphatic hydroxyl groups is 12. The van der Waals surface area contributed by atoms with Gasteiger partial charge in [0.2, 0.25) is 5.91 Å². The van der Waals surface area contributed by atoms with Gasteiger partial charge < -0.3 is 125 Å². The van der Waals surface area contributed by atoms with Gasteiger partial charge in [-0.15, -0.1) is 11.8 Å². The molecule has 0 aromatic carbocycles. The average Bonchev–Trinajstić information content (AvgIpc) is 2.86. The van der Waals surface area contributed by atoms with Crippen molar-refractivity contribution in [3.63, 3.8) is 0 Å². The van der Waals surface area contributed by atoms with Crippen molar-refractivity contribution in [2.24, 2.45) is 28.9 Å². The van der Waals surface area contributed by atoms with E-state index in [2.05, 4.69) is 21.3 Å². The summed E-state index contributed by atoms with van der Waals surface area (Å²) in [6.45, 7) is 12.7. The number of carbonyl (C=O) groups excluding carboxylic acids is 8. The molecule has 0 saturated carbocycles. The van der Waals surface area contributed by atoms with Gasteiger partial charge in [-0.1, -0.05) is 13.8 Å². The lowest BCUT2D eigenvalue weighted by Gasteiger charge is -2.25. The summed E-state index contributed by atoms with van der Waals surface area (Å²) in [6, 6.07) is -0.998. The molecule has 0 aliphatic heterocycles. The molecule has 0 radical (unpaired) electrons. The normalized spacial score (nSPS) is 15.5. The molecule has 0 fully saturated rings. The molecule has 530 valence electrons. The second-order valence-corrected chi connectivity index (χ2v) is 22.1. The molecule has 34 nitrogen and oxygen atoms in total. The smallest absolute Gasteiger partial charge is 0.321 e. The molecule has 90 heavy (non-hydrogen) atoms. The molecule has 0 spiro atoms. The Kier molecular flexibility index (Phi) is 62.3. The molecule has 0 rings (SSSR count). The predicted octanol–water partition coefficient (Wildman–Crippen LogP) is -7.88. The monoisotopic (exact) mass is 1350 g/mol. The minimum Gasteiger partial charge on any atom is -0.481 e. The van der Waals surface area contributed by atoms with Crippen LogP contribution in [-0.2, 0) is 57.4 Å². The van der Waals surface area contributed by atoms with Crippen molar-refractivity contribution in [3.05, 3.63) is 0 Å². The van der Waals surface area contributed by atoms with Crippen molar-refractivity contribution in [2.45, 2.75) is 179 Å². The maximum Gasteiger partial charge on any atom is 0.321 e. The Morgan fingerprint density at radius 3 is 1.31 bits per heavy atom. The quantitative estimate of drug-likeness (QED) is 0.0252. The molecular weight excluding hydrogens is 1240 g/mol. The van der Waals surface area contributed by atoms with Crippen LogP contribution in [0.25, 0.3) is 0 Å². The molecule has 14 atom stereocenters. The first-order valence-electron chi connectivity index (χ1n) is 29.0. The second kappa shape index (κ2) is 59.5. The van der Waals surface area contributed by atoms with Gasteiger partial charge in [0.05, 0.1) is 55.1 Å². The third-order valence-corrected chi connectivity index (χ3v) is 13.6. The minimum atomic E-state index is -2.00. The lowest BCUT2D eigenvalue weighted by Crippen LogP contribution is -2.53. The van der Waals surface area contributed by atoms with Crippen molar-refractivity contribution < 1.29 is 129 Å². The molecular formula is C54H106N8O26S2. The highest BCUT2D eigenvalue weighted by atomic mass is 32.2. The summed E-state index contributed by atoms with van der Waals surface area (Å²) < 4.78 is 10.2. The summed E-state index contributed by atoms with van der Waals surface area (Å²) in [7, 11) is 0. The van der Waals surface area contributed by atoms with Gasteiger partial charge in [-0.3, -0.25) is 47.9 Å². The first kappa shape index (κ1) is 94.2. The second-order valence-electron chi connectivity index (χ2n) is 20.0. The summed E-state index contributed by atoms with van der Waals surface area (Å²) >= 11 is 2.39. The van der Waals surface area contributed by atoms with Crippen LogP contribution in [0, 0.1) is 5.92 Å². The molecule has 4 amide bonds. The van der Waals surface area contributed by atoms with Gasteiger partial charge in [0.15, 0.2) is 35.7 Å². The standard InChI is InChI=1S/C13H23NO6S.C12H22N2O6S.C11H23N3O6.C10H20O4.C8H18N2O4/c1-8(13(19)20)6-21-7-10(16)4-3-5-14-12(18)11(17)9(2)15;1-7(15)11(18)9(16)3-2-4-14-10(17)6-21-5-8(13)12(19)20;12-3-1-2-6(15)7(16)8(17)9(18)10(19)11(20)14-5-4-13;1-3-6-14-7-4-5-9(12)10(13)8(2)11;1-6(11)7(12)8(13)10-3-5-14-4-2-9/h8-9,11,15,17H,3-7H2,1-2H3,(H,14,18)(H,19,20);7-8,11,15,18H,2-6,13H2,1H3,(H,14,17)(H,19,20);7-10,16-19H,1-5,12-13H2,(H,14,20);8,10-11,13H,3-7H2,1-2H3;6-7,11-12H,2-5,9H2,1H3,(H,10,13)/t8?,9-,11+;7-,8?,11+;7-,8+,9+,10-;8-,10+;6-,7+/m10001/s1. The van der Waals surface area contributed by atoms with E-state index in [0.717, 1.165) is 18.2 Å². The topological polar surface area (TPSA) is 625 Å². The molecule has 0 aliphatic carbocycles. The minimum absolute atomic E-state index is 0.0112. The lowest BCUT2D eigenvalue weighted by molar-refractivity contribution is -0.154. The molecule has 2 unspecified atom stereocenters. The largest absolute Gasteiger partial charge is 0.481 e. The fourth-order valence-electron chi connectivity index (χ4n) is 5.83. The third-order valence-electron chi connectivity index (χ3n) is 11.3. The van der Waals surface area contributed by atoms with Crippen molar-refractivity contribution in [2.75, 3.05) is 95.3 Å². The van der Waals surface area contributed by atoms with E-state index < -0.39 is 126 Å². The summed E-state index contributed by atoms with van der Waals surface area (Å²) in [5, 5.41) is 138. The zero-order valence-corrected chi connectivity index (χ0v) is 54.0. The number of carboxylic acids is 2. The number of nitrogens with two attached hydrogens (primary N) is 4. The van der Waals surface area contributed by atoms with Crippen molar-refractivity contribution in [1.29, 1.82) is 0 Å². The summed E-state index contributed by atoms with van der Waals surface area (Å²) in [5.41, 5.74) is 20.8. The van der Waals surface area contributed by atoms with Crippen LogP contribution in [-0.4, -0.2) is 305 Å². The van der Waals surface area contributed by atoms with Crippen LogP contribution in [0.5, 0.6) is 0 Å². The molecule has 26 N–H and O–H groups in total. The van der Waals surface area contributed by atoms with Crippen LogP contribution in [0.4, 0.5) is 0 Å². The number of nitrogens with one attached hydrogen (secondary N) is 4. The van der Waals surface area contributed by atoms with E-state index in [0.29, 0.717) is 71.0 Å². The maximum absolute atomic E-state index is 11.5. The van der Waals surface area contributed by atoms with Crippen molar-refractivity contribution >= 4 is 82.2 Å². The number of ketones is 4. The summed E-state index contributed by atoms with van der Waals surface area (Å²) in [4.78, 5) is 111. The van der Waals surface area contributed by atoms with E-state index in [1.807, 2.05) is 6.92 Å². The Balaban J connectivity index is -0.000000338. The van der Waals surface area contributed by atoms with Crippen LogP contribution in [0.3, 0.4) is 0 Å². The van der Waals surface area contributed by atoms with Gasteiger partial charge >= 0.3 is 11.9 Å². The number of hydrogen-bond acceptors (Lipinski definition) is 30. The van der Waals surface area contributed by atoms with Crippen LogP contribution in [0.2, 0.25) is 0 Å². The number of carboxylic acid groups (broad SMARTS) is 2. The summed E-state index contributed by atoms with van der Waals surface area (Å²) in [6.07, 6.45) is -14.4. The average molecular weight is 1350 g/mol. The molecule has 0 aromatic heterocycles. The van der Waals surface area contributed by atoms with Crippen molar-refractivity contribution in [3.8, 4) is 0 Å². The molecule has 36 heteroatoms.